The number of hydrogen-bond donors (Lipinski definition) is 2. The quantitative estimate of drug-likeness (QED) is 0.735. The minimum atomic E-state index is -0.750. The van der Waals surface area contributed by atoms with Crippen molar-refractivity contribution in [3.8, 4) is 23.1 Å². The van der Waals surface area contributed by atoms with Crippen molar-refractivity contribution >= 4 is 17.5 Å². The van der Waals surface area contributed by atoms with Gasteiger partial charge >= 0.3 is 0 Å². The van der Waals surface area contributed by atoms with Gasteiger partial charge in [-0.25, -0.2) is 9.37 Å². The molecule has 3 N–H and O–H groups in total. The predicted octanol–water partition coefficient (Wildman–Crippen LogP) is 2.02. The van der Waals surface area contributed by atoms with Crippen molar-refractivity contribution in [2.75, 3.05) is 32.1 Å². The van der Waals surface area contributed by atoms with E-state index in [1.807, 2.05) is 0 Å². The summed E-state index contributed by atoms with van der Waals surface area (Å²) >= 11 is 0. The van der Waals surface area contributed by atoms with E-state index in [2.05, 4.69) is 22.1 Å². The van der Waals surface area contributed by atoms with Crippen molar-refractivity contribution in [1.29, 1.82) is 0 Å². The van der Waals surface area contributed by atoms with Crippen molar-refractivity contribution in [3.05, 3.63) is 47.4 Å². The largest absolute Gasteiger partial charge is 0.377 e. The zero-order valence-electron chi connectivity index (χ0n) is 17.2. The lowest BCUT2D eigenvalue weighted by Crippen LogP contribution is -2.41. The second kappa shape index (κ2) is 8.74. The Morgan fingerprint density at radius 3 is 2.87 bits per heavy atom. The Balaban J connectivity index is 1.63. The van der Waals surface area contributed by atoms with Crippen molar-refractivity contribution in [2.24, 2.45) is 11.7 Å². The van der Waals surface area contributed by atoms with Crippen LogP contribution in [0.3, 0.4) is 0 Å². The van der Waals surface area contributed by atoms with E-state index in [1.54, 1.807) is 36.2 Å². The number of anilines is 1. The molecule has 8 heteroatoms. The molecule has 4 rings (SSSR count). The number of hydrogen-bond acceptors (Lipinski definition) is 5. The number of halogens is 1. The fourth-order valence-electron chi connectivity index (χ4n) is 3.61. The fraction of sp³-hybridized carbons (Fsp3) is 0.348. The van der Waals surface area contributed by atoms with Gasteiger partial charge in [0.05, 0.1) is 30.9 Å². The molecule has 1 aromatic carbocycles. The first-order valence-electron chi connectivity index (χ1n) is 10.1. The molecule has 3 heterocycles. The smallest absolute Gasteiger partial charge is 0.269 e. The lowest BCUT2D eigenvalue weighted by molar-refractivity contribution is -0.134. The van der Waals surface area contributed by atoms with E-state index in [9.17, 15) is 14.0 Å². The highest BCUT2D eigenvalue weighted by atomic mass is 19.1. The van der Waals surface area contributed by atoms with Gasteiger partial charge in [0.2, 0.25) is 5.91 Å². The van der Waals surface area contributed by atoms with Gasteiger partial charge in [-0.2, -0.15) is 0 Å². The maximum atomic E-state index is 14.9. The summed E-state index contributed by atoms with van der Waals surface area (Å²) in [7, 11) is 1.78. The SMILES string of the molecule is CN1CCCC(C#Cc2cccc(-c3nc(C(N)=O)c(NC4COC4)cc3F)c2)C1=O. The maximum Gasteiger partial charge on any atom is 0.269 e. The molecule has 1 aromatic heterocycles. The molecule has 2 aromatic rings. The lowest BCUT2D eigenvalue weighted by atomic mass is 9.97. The van der Waals surface area contributed by atoms with Crippen LogP contribution in [-0.2, 0) is 9.53 Å². The highest BCUT2D eigenvalue weighted by molar-refractivity contribution is 5.97. The molecule has 7 nitrogen and oxygen atoms in total. The highest BCUT2D eigenvalue weighted by Gasteiger charge is 2.25. The van der Waals surface area contributed by atoms with Gasteiger partial charge in [0.1, 0.15) is 5.69 Å². The first kappa shape index (κ1) is 20.8. The monoisotopic (exact) mass is 422 g/mol. The number of amides is 2. The van der Waals surface area contributed by atoms with Crippen molar-refractivity contribution in [2.45, 2.75) is 18.9 Å². The number of ether oxygens (including phenoxy) is 1. The van der Waals surface area contributed by atoms with E-state index < -0.39 is 11.7 Å². The summed E-state index contributed by atoms with van der Waals surface area (Å²) < 4.78 is 20.0. The number of carbonyl (C=O) groups excluding carboxylic acids is 2. The number of primary amides is 1. The molecule has 2 amide bonds. The molecule has 0 bridgehead atoms. The third-order valence-electron chi connectivity index (χ3n) is 5.39. The Morgan fingerprint density at radius 2 is 2.16 bits per heavy atom. The van der Waals surface area contributed by atoms with E-state index in [1.165, 1.54) is 6.07 Å². The van der Waals surface area contributed by atoms with Crippen LogP contribution < -0.4 is 11.1 Å². The number of nitrogens with one attached hydrogen (secondary N) is 1. The second-order valence-corrected chi connectivity index (χ2v) is 7.76. The Labute approximate surface area is 179 Å². The molecule has 31 heavy (non-hydrogen) atoms. The van der Waals surface area contributed by atoms with Gasteiger partial charge in [0.25, 0.3) is 5.91 Å². The standard InChI is InChI=1S/C23H23FN4O3/c1-28-9-3-6-15(23(28)30)8-7-14-4-2-5-16(10-14)20-18(24)11-19(21(27-20)22(25)29)26-17-12-31-13-17/h2,4-5,10-11,15,17,26H,3,6,9,12-13H2,1H3,(H2,25,29). The molecule has 0 saturated carbocycles. The number of benzene rings is 1. The van der Waals surface area contributed by atoms with E-state index in [4.69, 9.17) is 10.5 Å². The zero-order valence-corrected chi connectivity index (χ0v) is 17.2. The Kier molecular flexibility index (Phi) is 5.87. The van der Waals surface area contributed by atoms with Crippen LogP contribution in [0.5, 0.6) is 0 Å². The van der Waals surface area contributed by atoms with Crippen molar-refractivity contribution in [3.63, 3.8) is 0 Å². The number of piperidine rings is 1. The number of likely N-dealkylation sites (tertiary alicyclic amines) is 1. The first-order chi connectivity index (χ1) is 14.9. The minimum absolute atomic E-state index is 0.00899. The van der Waals surface area contributed by atoms with Gasteiger partial charge in [-0.15, -0.1) is 0 Å². The molecular formula is C23H23FN4O3. The molecule has 2 fully saturated rings. The number of pyridine rings is 1. The Bertz CT molecular complexity index is 1090. The van der Waals surface area contributed by atoms with Crippen LogP contribution >= 0.6 is 0 Å². The van der Waals surface area contributed by atoms with Crippen LogP contribution in [0.1, 0.15) is 28.9 Å². The average Bonchev–Trinajstić information content (AvgIpc) is 2.72. The lowest BCUT2D eigenvalue weighted by Gasteiger charge is -2.28. The van der Waals surface area contributed by atoms with Crippen LogP contribution in [0.15, 0.2) is 30.3 Å². The molecule has 160 valence electrons. The predicted molar refractivity (Wildman–Crippen MR) is 114 cm³/mol. The van der Waals surface area contributed by atoms with Gasteiger partial charge in [-0.05, 0) is 25.0 Å². The summed E-state index contributed by atoms with van der Waals surface area (Å²) in [5.41, 5.74) is 6.81. The summed E-state index contributed by atoms with van der Waals surface area (Å²) in [6, 6.07) is 8.12. The number of carbonyl (C=O) groups is 2. The van der Waals surface area contributed by atoms with Gasteiger partial charge in [-0.1, -0.05) is 24.0 Å². The van der Waals surface area contributed by atoms with Crippen molar-refractivity contribution in [1.82, 2.24) is 9.88 Å². The highest BCUT2D eigenvalue weighted by Crippen LogP contribution is 2.27. The molecule has 0 spiro atoms. The van der Waals surface area contributed by atoms with Crippen LogP contribution in [0.4, 0.5) is 10.1 Å². The van der Waals surface area contributed by atoms with Gasteiger partial charge < -0.3 is 20.7 Å². The van der Waals surface area contributed by atoms with Gasteiger partial charge in [-0.3, -0.25) is 9.59 Å². The summed E-state index contributed by atoms with van der Waals surface area (Å²) in [6.07, 6.45) is 1.65. The van der Waals surface area contributed by atoms with Gasteiger partial charge in [0, 0.05) is 30.8 Å². The van der Waals surface area contributed by atoms with Gasteiger partial charge in [0.15, 0.2) is 11.5 Å². The number of rotatable bonds is 4. The number of nitrogens with two attached hydrogens (primary N) is 1. The normalized spacial score (nSPS) is 18.7. The van der Waals surface area contributed by atoms with Crippen molar-refractivity contribution < 1.29 is 18.7 Å². The molecule has 0 radical (unpaired) electrons. The third-order valence-corrected chi connectivity index (χ3v) is 5.39. The Morgan fingerprint density at radius 1 is 1.35 bits per heavy atom. The molecule has 2 aliphatic rings. The second-order valence-electron chi connectivity index (χ2n) is 7.76. The number of nitrogens with zero attached hydrogens (tertiary/aromatic N) is 2. The third kappa shape index (κ3) is 4.52. The molecule has 1 atom stereocenters. The van der Waals surface area contributed by atoms with Crippen LogP contribution in [-0.4, -0.2) is 54.5 Å². The summed E-state index contributed by atoms with van der Waals surface area (Å²) in [6.45, 7) is 1.70. The summed E-state index contributed by atoms with van der Waals surface area (Å²) in [4.78, 5) is 30.0. The molecule has 1 unspecified atom stereocenters. The maximum absolute atomic E-state index is 14.9. The molecular weight excluding hydrogens is 399 g/mol. The Hall–Kier alpha value is -3.44. The minimum Gasteiger partial charge on any atom is -0.377 e. The van der Waals surface area contributed by atoms with Crippen LogP contribution in [0, 0.1) is 23.6 Å². The molecule has 2 saturated heterocycles. The topological polar surface area (TPSA) is 97.6 Å². The average molecular weight is 422 g/mol. The van der Waals surface area contributed by atoms with E-state index in [0.29, 0.717) is 24.3 Å². The van der Waals surface area contributed by atoms with Crippen LogP contribution in [0.25, 0.3) is 11.3 Å². The zero-order chi connectivity index (χ0) is 22.0. The molecule has 0 aliphatic carbocycles. The number of aromatic nitrogens is 1. The molecule has 2 aliphatic heterocycles. The van der Waals surface area contributed by atoms with E-state index in [0.717, 1.165) is 19.4 Å². The van der Waals surface area contributed by atoms with E-state index >= 15 is 0 Å². The summed E-state index contributed by atoms with van der Waals surface area (Å²) in [5, 5.41) is 3.04. The fourth-order valence-corrected chi connectivity index (χ4v) is 3.61. The summed E-state index contributed by atoms with van der Waals surface area (Å²) in [5.74, 6) is 4.41. The first-order valence-corrected chi connectivity index (χ1v) is 10.1. The van der Waals surface area contributed by atoms with E-state index in [-0.39, 0.29) is 34.9 Å². The van der Waals surface area contributed by atoms with Crippen LogP contribution in [0.2, 0.25) is 0 Å².